The zero-order valence-corrected chi connectivity index (χ0v) is 26.1. The molecule has 0 heterocycles. The largest absolute Gasteiger partial charge is 0.459 e. The van der Waals surface area contributed by atoms with Crippen LogP contribution in [0.15, 0.2) is 0 Å². The maximum Gasteiger partial charge on any atom is 0.312 e. The van der Waals surface area contributed by atoms with Crippen molar-refractivity contribution in [2.75, 3.05) is 13.2 Å². The molecule has 0 amide bonds. The van der Waals surface area contributed by atoms with Crippen molar-refractivity contribution in [2.24, 2.45) is 46.3 Å². The van der Waals surface area contributed by atoms with E-state index in [1.165, 1.54) is 0 Å². The molecule has 0 aromatic carbocycles. The molecule has 6 nitrogen and oxygen atoms in total. The molecule has 2 N–H and O–H groups in total. The lowest BCUT2D eigenvalue weighted by atomic mass is 9.44. The van der Waals surface area contributed by atoms with Crippen LogP contribution in [0.5, 0.6) is 0 Å². The molecule has 4 unspecified atom stereocenters. The minimum atomic E-state index is -2.99. The lowest BCUT2D eigenvalue weighted by Crippen LogP contribution is -2.63. The second-order valence-electron chi connectivity index (χ2n) is 15.6. The van der Waals surface area contributed by atoms with Crippen LogP contribution in [0.3, 0.4) is 0 Å². The fourth-order valence-corrected chi connectivity index (χ4v) is 10.7. The van der Waals surface area contributed by atoms with Gasteiger partial charge in [-0.2, -0.15) is 0 Å². The standard InChI is InChI=1S/C17H26F2O3.C16H24F2O3/c1-3-4-17(21)12-5-11-6-13(17)9-16(7-11,8-12)14(20)22-10-15(2,18)19;1-3-16(20)11-4-10-5-12(16)8-15(6-10,7-11)13(19)21-9-14(2,17)18/h11-13,21H,3-10H2,1-2H3;10-12,20H,3-9H2,1-2H3. The topological polar surface area (TPSA) is 93.1 Å². The molecular formula is C33H50F4O6. The summed E-state index contributed by atoms with van der Waals surface area (Å²) < 4.78 is 61.6. The minimum absolute atomic E-state index is 0.114. The number of halogens is 4. The normalized spacial score (nSPS) is 44.1. The van der Waals surface area contributed by atoms with Crippen molar-refractivity contribution in [3.63, 3.8) is 0 Å². The van der Waals surface area contributed by atoms with Gasteiger partial charge in [0.25, 0.3) is 11.8 Å². The summed E-state index contributed by atoms with van der Waals surface area (Å²) in [4.78, 5) is 24.9. The first kappa shape index (κ1) is 33.0. The third-order valence-electron chi connectivity index (χ3n) is 12.2. The van der Waals surface area contributed by atoms with Crippen molar-refractivity contribution in [1.82, 2.24) is 0 Å². The molecule has 43 heavy (non-hydrogen) atoms. The molecule has 4 atom stereocenters. The number of rotatable bonds is 9. The molecule has 10 heteroatoms. The van der Waals surface area contributed by atoms with Crippen LogP contribution < -0.4 is 0 Å². The summed E-state index contributed by atoms with van der Waals surface area (Å²) >= 11 is 0. The summed E-state index contributed by atoms with van der Waals surface area (Å²) in [6.45, 7) is 3.90. The molecule has 0 saturated heterocycles. The van der Waals surface area contributed by atoms with Gasteiger partial charge in [0, 0.05) is 13.8 Å². The van der Waals surface area contributed by atoms with Crippen LogP contribution in [-0.4, -0.2) is 58.4 Å². The third kappa shape index (κ3) is 6.09. The van der Waals surface area contributed by atoms with Crippen LogP contribution in [0.1, 0.15) is 111 Å². The van der Waals surface area contributed by atoms with Crippen LogP contribution in [0.2, 0.25) is 0 Å². The fourth-order valence-electron chi connectivity index (χ4n) is 10.7. The van der Waals surface area contributed by atoms with Gasteiger partial charge in [0.1, 0.15) is 0 Å². The van der Waals surface area contributed by atoms with Gasteiger partial charge in [0.05, 0.1) is 22.0 Å². The number of ether oxygens (including phenoxy) is 2. The van der Waals surface area contributed by atoms with Crippen molar-refractivity contribution < 1.29 is 46.8 Å². The molecule has 8 aliphatic carbocycles. The zero-order valence-electron chi connectivity index (χ0n) is 26.1. The van der Waals surface area contributed by atoms with Gasteiger partial charge in [-0.15, -0.1) is 0 Å². The van der Waals surface area contributed by atoms with Gasteiger partial charge < -0.3 is 19.7 Å². The summed E-state index contributed by atoms with van der Waals surface area (Å²) in [7, 11) is 0. The first-order valence-corrected chi connectivity index (χ1v) is 16.4. The highest BCUT2D eigenvalue weighted by atomic mass is 19.3. The number of aliphatic hydroxyl groups is 2. The smallest absolute Gasteiger partial charge is 0.312 e. The fraction of sp³-hybridized carbons (Fsp3) is 0.939. The number of carbonyl (C=O) groups is 2. The van der Waals surface area contributed by atoms with Crippen molar-refractivity contribution in [1.29, 1.82) is 0 Å². The highest BCUT2D eigenvalue weighted by molar-refractivity contribution is 5.78. The Balaban J connectivity index is 0.000000171. The second kappa shape index (κ2) is 11.1. The number of esters is 2. The van der Waals surface area contributed by atoms with Crippen LogP contribution in [0.25, 0.3) is 0 Å². The quantitative estimate of drug-likeness (QED) is 0.221. The molecule has 8 aliphatic rings. The molecule has 0 aromatic heterocycles. The van der Waals surface area contributed by atoms with Gasteiger partial charge >= 0.3 is 11.9 Å². The molecule has 0 radical (unpaired) electrons. The highest BCUT2D eigenvalue weighted by Gasteiger charge is 2.65. The monoisotopic (exact) mass is 618 g/mol. The van der Waals surface area contributed by atoms with Gasteiger partial charge in [-0.25, -0.2) is 17.6 Å². The maximum atomic E-state index is 13.0. The van der Waals surface area contributed by atoms with E-state index in [1.807, 2.05) is 6.92 Å². The summed E-state index contributed by atoms with van der Waals surface area (Å²) in [6, 6.07) is 0. The van der Waals surface area contributed by atoms with E-state index in [0.29, 0.717) is 43.9 Å². The third-order valence-corrected chi connectivity index (χ3v) is 12.2. The first-order chi connectivity index (χ1) is 19.9. The Labute approximate surface area is 252 Å². The average molecular weight is 619 g/mol. The Morgan fingerprint density at radius 1 is 0.674 bits per heavy atom. The van der Waals surface area contributed by atoms with E-state index in [1.54, 1.807) is 0 Å². The summed E-state index contributed by atoms with van der Waals surface area (Å²) in [6.07, 6.45) is 10.1. The van der Waals surface area contributed by atoms with E-state index in [-0.39, 0.29) is 23.7 Å². The van der Waals surface area contributed by atoms with E-state index < -0.39 is 59.0 Å². The predicted octanol–water partition coefficient (Wildman–Crippen LogP) is 6.69. The van der Waals surface area contributed by atoms with E-state index in [2.05, 4.69) is 6.92 Å². The summed E-state index contributed by atoms with van der Waals surface area (Å²) in [5, 5.41) is 22.0. The van der Waals surface area contributed by atoms with Crippen molar-refractivity contribution in [2.45, 2.75) is 134 Å². The summed E-state index contributed by atoms with van der Waals surface area (Å²) in [5.41, 5.74) is -2.58. The Morgan fingerprint density at radius 3 is 1.33 bits per heavy atom. The number of hydrogen-bond acceptors (Lipinski definition) is 6. The first-order valence-electron chi connectivity index (χ1n) is 16.4. The van der Waals surface area contributed by atoms with Crippen molar-refractivity contribution in [3.8, 4) is 0 Å². The average Bonchev–Trinajstić information content (AvgIpc) is 2.91. The number of alkyl halides is 4. The van der Waals surface area contributed by atoms with E-state index in [0.717, 1.165) is 65.2 Å². The SMILES string of the molecule is CCC1(O)C2CC3CC1CC(C(=O)OCC(C)(F)F)(C3)C2.CCCC1(O)C2CC3CC1CC(C(=O)OCC(C)(F)F)(C3)C2. The van der Waals surface area contributed by atoms with Gasteiger partial charge in [-0.1, -0.05) is 20.3 Å². The van der Waals surface area contributed by atoms with Gasteiger partial charge in [0.15, 0.2) is 13.2 Å². The Morgan fingerprint density at radius 2 is 1.02 bits per heavy atom. The molecule has 246 valence electrons. The Bertz CT molecular complexity index is 1030. The molecule has 0 aromatic rings. The lowest BCUT2D eigenvalue weighted by Gasteiger charge is -2.62. The molecule has 8 bridgehead atoms. The van der Waals surface area contributed by atoms with Crippen LogP contribution in [0, 0.1) is 46.3 Å². The van der Waals surface area contributed by atoms with Crippen LogP contribution >= 0.6 is 0 Å². The van der Waals surface area contributed by atoms with E-state index in [4.69, 9.17) is 9.47 Å². The molecule has 0 aliphatic heterocycles. The van der Waals surface area contributed by atoms with Gasteiger partial charge in [-0.3, -0.25) is 9.59 Å². The minimum Gasteiger partial charge on any atom is -0.459 e. The van der Waals surface area contributed by atoms with Gasteiger partial charge in [0.2, 0.25) is 0 Å². The van der Waals surface area contributed by atoms with Crippen LogP contribution in [0.4, 0.5) is 17.6 Å². The molecule has 8 fully saturated rings. The maximum absolute atomic E-state index is 13.0. The summed E-state index contributed by atoms with van der Waals surface area (Å²) in [5.74, 6) is -5.57. The van der Waals surface area contributed by atoms with Crippen molar-refractivity contribution >= 4 is 11.9 Å². The van der Waals surface area contributed by atoms with E-state index in [9.17, 15) is 37.4 Å². The van der Waals surface area contributed by atoms with E-state index >= 15 is 0 Å². The molecule has 0 spiro atoms. The van der Waals surface area contributed by atoms with Crippen LogP contribution in [-0.2, 0) is 19.1 Å². The number of hydrogen-bond donors (Lipinski definition) is 2. The Kier molecular flexibility index (Phi) is 8.53. The molecule has 8 saturated carbocycles. The predicted molar refractivity (Wildman–Crippen MR) is 150 cm³/mol. The highest BCUT2D eigenvalue weighted by Crippen LogP contribution is 2.66. The molecular weight excluding hydrogens is 568 g/mol. The van der Waals surface area contributed by atoms with Gasteiger partial charge in [-0.05, 0) is 113 Å². The number of carbonyl (C=O) groups excluding carboxylic acids is 2. The lowest BCUT2D eigenvalue weighted by molar-refractivity contribution is -0.219. The molecule has 8 rings (SSSR count). The zero-order chi connectivity index (χ0) is 31.6. The van der Waals surface area contributed by atoms with Crippen molar-refractivity contribution in [3.05, 3.63) is 0 Å². The second-order valence-corrected chi connectivity index (χ2v) is 15.6. The Hall–Kier alpha value is -1.42.